The van der Waals surface area contributed by atoms with Crippen molar-refractivity contribution in [3.63, 3.8) is 0 Å². The van der Waals surface area contributed by atoms with Crippen LogP contribution in [0.15, 0.2) is 24.3 Å². The molecule has 19 heavy (non-hydrogen) atoms. The quantitative estimate of drug-likeness (QED) is 0.749. The Labute approximate surface area is 112 Å². The maximum Gasteiger partial charge on any atom is 0.303 e. The van der Waals surface area contributed by atoms with E-state index in [2.05, 4.69) is 10.6 Å². The van der Waals surface area contributed by atoms with E-state index < -0.39 is 5.97 Å². The van der Waals surface area contributed by atoms with Crippen LogP contribution in [0, 0.1) is 0 Å². The Bertz CT molecular complexity index is 468. The Morgan fingerprint density at radius 3 is 2.84 bits per heavy atom. The summed E-state index contributed by atoms with van der Waals surface area (Å²) in [6.07, 6.45) is 2.35. The number of carboxylic acids is 1. The number of aliphatic carboxylic acids is 1. The smallest absolute Gasteiger partial charge is 0.303 e. The topological polar surface area (TPSA) is 78.4 Å². The van der Waals surface area contributed by atoms with E-state index in [0.29, 0.717) is 12.1 Å². The summed E-state index contributed by atoms with van der Waals surface area (Å²) in [6, 6.07) is 7.21. The minimum Gasteiger partial charge on any atom is -0.481 e. The molecule has 1 amide bonds. The van der Waals surface area contributed by atoms with Gasteiger partial charge in [-0.25, -0.2) is 0 Å². The zero-order valence-electron chi connectivity index (χ0n) is 10.7. The highest BCUT2D eigenvalue weighted by atomic mass is 16.4. The Morgan fingerprint density at radius 1 is 1.37 bits per heavy atom. The third kappa shape index (κ3) is 3.79. The van der Waals surface area contributed by atoms with Gasteiger partial charge in [0.15, 0.2) is 0 Å². The second kappa shape index (κ2) is 6.33. The van der Waals surface area contributed by atoms with E-state index in [9.17, 15) is 9.59 Å². The molecule has 2 rings (SSSR count). The molecule has 5 nitrogen and oxygen atoms in total. The van der Waals surface area contributed by atoms with Crippen LogP contribution in [0.2, 0.25) is 0 Å². The number of hydrogen-bond acceptors (Lipinski definition) is 3. The summed E-state index contributed by atoms with van der Waals surface area (Å²) in [6.45, 7) is 0.874. The van der Waals surface area contributed by atoms with Gasteiger partial charge >= 0.3 is 5.97 Å². The van der Waals surface area contributed by atoms with E-state index in [4.69, 9.17) is 5.11 Å². The van der Waals surface area contributed by atoms with Crippen LogP contribution in [0.1, 0.15) is 24.8 Å². The number of anilines is 1. The molecule has 0 unspecified atom stereocenters. The van der Waals surface area contributed by atoms with E-state index >= 15 is 0 Å². The van der Waals surface area contributed by atoms with E-state index in [0.717, 1.165) is 24.9 Å². The predicted molar refractivity (Wildman–Crippen MR) is 72.1 cm³/mol. The SMILES string of the molecule is O=C(O)CCc1ccccc1NC(=O)[C@H]1CCCN1. The number of rotatable bonds is 5. The van der Waals surface area contributed by atoms with Gasteiger partial charge in [0.05, 0.1) is 6.04 Å². The monoisotopic (exact) mass is 262 g/mol. The van der Waals surface area contributed by atoms with Gasteiger partial charge in [-0.05, 0) is 37.4 Å². The fourth-order valence-electron chi connectivity index (χ4n) is 2.23. The van der Waals surface area contributed by atoms with Gasteiger partial charge < -0.3 is 15.7 Å². The minimum absolute atomic E-state index is 0.0414. The molecule has 1 atom stereocenters. The van der Waals surface area contributed by atoms with Crippen molar-refractivity contribution < 1.29 is 14.7 Å². The fraction of sp³-hybridized carbons (Fsp3) is 0.429. The zero-order valence-corrected chi connectivity index (χ0v) is 10.7. The van der Waals surface area contributed by atoms with Crippen LogP contribution in [-0.2, 0) is 16.0 Å². The molecule has 1 aromatic carbocycles. The summed E-state index contributed by atoms with van der Waals surface area (Å²) in [5.74, 6) is -0.876. The number of hydrogen-bond donors (Lipinski definition) is 3. The van der Waals surface area contributed by atoms with Crippen LogP contribution in [0.4, 0.5) is 5.69 Å². The van der Waals surface area contributed by atoms with Crippen LogP contribution < -0.4 is 10.6 Å². The van der Waals surface area contributed by atoms with Crippen molar-refractivity contribution in [1.29, 1.82) is 0 Å². The van der Waals surface area contributed by atoms with Gasteiger partial charge in [-0.3, -0.25) is 9.59 Å². The molecule has 3 N–H and O–H groups in total. The van der Waals surface area contributed by atoms with Gasteiger partial charge in [0.25, 0.3) is 0 Å². The normalized spacial score (nSPS) is 18.2. The van der Waals surface area contributed by atoms with Crippen molar-refractivity contribution >= 4 is 17.6 Å². The lowest BCUT2D eigenvalue weighted by molar-refractivity contribution is -0.136. The number of benzene rings is 1. The molecule has 102 valence electrons. The van der Waals surface area contributed by atoms with Crippen molar-refractivity contribution in [2.45, 2.75) is 31.7 Å². The molecular formula is C14H18N2O3. The van der Waals surface area contributed by atoms with Crippen molar-refractivity contribution in [2.24, 2.45) is 0 Å². The van der Waals surface area contributed by atoms with Crippen LogP contribution in [0.25, 0.3) is 0 Å². The summed E-state index contributed by atoms with van der Waals surface area (Å²) in [7, 11) is 0. The van der Waals surface area contributed by atoms with Crippen molar-refractivity contribution in [2.75, 3.05) is 11.9 Å². The first-order valence-corrected chi connectivity index (χ1v) is 6.51. The summed E-state index contributed by atoms with van der Waals surface area (Å²) < 4.78 is 0. The molecule has 0 aromatic heterocycles. The van der Waals surface area contributed by atoms with Crippen LogP contribution in [-0.4, -0.2) is 29.6 Å². The number of aryl methyl sites for hydroxylation is 1. The van der Waals surface area contributed by atoms with Crippen LogP contribution in [0.5, 0.6) is 0 Å². The number of para-hydroxylation sites is 1. The molecule has 1 saturated heterocycles. The lowest BCUT2D eigenvalue weighted by Crippen LogP contribution is -2.35. The van der Waals surface area contributed by atoms with E-state index in [-0.39, 0.29) is 18.4 Å². The first-order valence-electron chi connectivity index (χ1n) is 6.51. The van der Waals surface area contributed by atoms with Gasteiger partial charge in [-0.1, -0.05) is 18.2 Å². The highest BCUT2D eigenvalue weighted by molar-refractivity contribution is 5.95. The van der Waals surface area contributed by atoms with Crippen molar-refractivity contribution in [3.05, 3.63) is 29.8 Å². The maximum atomic E-state index is 12.0. The maximum absolute atomic E-state index is 12.0. The number of carboxylic acid groups (broad SMARTS) is 1. The first kappa shape index (κ1) is 13.5. The Morgan fingerprint density at radius 2 is 2.16 bits per heavy atom. The molecule has 0 radical (unpaired) electrons. The molecule has 5 heteroatoms. The lowest BCUT2D eigenvalue weighted by Gasteiger charge is -2.14. The summed E-state index contributed by atoms with van der Waals surface area (Å²) in [4.78, 5) is 22.6. The highest BCUT2D eigenvalue weighted by Gasteiger charge is 2.22. The standard InChI is InChI=1S/C14H18N2O3/c17-13(18)8-7-10-4-1-2-5-11(10)16-14(19)12-6-3-9-15-12/h1-2,4-5,12,15H,3,6-9H2,(H,16,19)(H,17,18)/t12-/m1/s1. The van der Waals surface area contributed by atoms with Crippen molar-refractivity contribution in [3.8, 4) is 0 Å². The molecule has 1 aliphatic heterocycles. The molecule has 1 aliphatic rings. The molecule has 0 saturated carbocycles. The largest absolute Gasteiger partial charge is 0.481 e. The molecular weight excluding hydrogens is 244 g/mol. The van der Waals surface area contributed by atoms with Crippen LogP contribution in [0.3, 0.4) is 0 Å². The van der Waals surface area contributed by atoms with Gasteiger partial charge in [0, 0.05) is 12.1 Å². The Hall–Kier alpha value is -1.88. The van der Waals surface area contributed by atoms with Crippen LogP contribution >= 0.6 is 0 Å². The third-order valence-corrected chi connectivity index (χ3v) is 3.26. The zero-order chi connectivity index (χ0) is 13.7. The predicted octanol–water partition coefficient (Wildman–Crippen LogP) is 1.39. The van der Waals surface area contributed by atoms with Gasteiger partial charge in [-0.15, -0.1) is 0 Å². The first-order chi connectivity index (χ1) is 9.16. The third-order valence-electron chi connectivity index (χ3n) is 3.26. The van der Waals surface area contributed by atoms with Gasteiger partial charge in [0.1, 0.15) is 0 Å². The molecule has 1 heterocycles. The van der Waals surface area contributed by atoms with E-state index in [1.54, 1.807) is 0 Å². The molecule has 1 aromatic rings. The summed E-state index contributed by atoms with van der Waals surface area (Å²) in [5, 5.41) is 14.7. The molecule has 0 spiro atoms. The van der Waals surface area contributed by atoms with Gasteiger partial charge in [0.2, 0.25) is 5.91 Å². The number of carbonyl (C=O) groups excluding carboxylic acids is 1. The number of amides is 1. The number of carbonyl (C=O) groups is 2. The average molecular weight is 262 g/mol. The average Bonchev–Trinajstić information content (AvgIpc) is 2.91. The Balaban J connectivity index is 2.02. The minimum atomic E-state index is -0.835. The fourth-order valence-corrected chi connectivity index (χ4v) is 2.23. The lowest BCUT2D eigenvalue weighted by atomic mass is 10.1. The van der Waals surface area contributed by atoms with E-state index in [1.165, 1.54) is 0 Å². The second-order valence-corrected chi connectivity index (χ2v) is 4.69. The Kier molecular flexibility index (Phi) is 4.52. The molecule has 0 bridgehead atoms. The second-order valence-electron chi connectivity index (χ2n) is 4.69. The number of nitrogens with one attached hydrogen (secondary N) is 2. The summed E-state index contributed by atoms with van der Waals surface area (Å²) >= 11 is 0. The molecule has 1 fully saturated rings. The highest BCUT2D eigenvalue weighted by Crippen LogP contribution is 2.18. The van der Waals surface area contributed by atoms with Crippen molar-refractivity contribution in [1.82, 2.24) is 5.32 Å². The molecule has 0 aliphatic carbocycles. The summed E-state index contributed by atoms with van der Waals surface area (Å²) in [5.41, 5.74) is 1.57. The van der Waals surface area contributed by atoms with Gasteiger partial charge in [-0.2, -0.15) is 0 Å². The van der Waals surface area contributed by atoms with E-state index in [1.807, 2.05) is 24.3 Å².